The number of hydrogen-bond acceptors (Lipinski definition) is 8. The molecule has 3 rings (SSSR count). The van der Waals surface area contributed by atoms with E-state index in [1.807, 2.05) is 12.1 Å². The highest BCUT2D eigenvalue weighted by Gasteiger charge is 2.11. The second kappa shape index (κ2) is 7.50. The van der Waals surface area contributed by atoms with Crippen LogP contribution in [0, 0.1) is 0 Å². The van der Waals surface area contributed by atoms with Crippen LogP contribution in [-0.2, 0) is 9.84 Å². The van der Waals surface area contributed by atoms with Crippen molar-refractivity contribution >= 4 is 38.7 Å². The molecule has 0 saturated heterocycles. The van der Waals surface area contributed by atoms with E-state index in [1.165, 1.54) is 19.2 Å². The summed E-state index contributed by atoms with van der Waals surface area (Å²) in [4.78, 5) is 8.68. The number of sulfone groups is 1. The fraction of sp³-hybridized carbons (Fsp3) is 0.111. The van der Waals surface area contributed by atoms with Gasteiger partial charge in [0.15, 0.2) is 9.84 Å². The van der Waals surface area contributed by atoms with Gasteiger partial charge < -0.3 is 21.1 Å². The number of nitrogen functional groups attached to an aromatic ring is 1. The van der Waals surface area contributed by atoms with E-state index < -0.39 is 9.84 Å². The molecule has 1 aromatic heterocycles. The third-order valence-corrected chi connectivity index (χ3v) is 4.73. The average Bonchev–Trinajstić information content (AvgIpc) is 2.63. The van der Waals surface area contributed by atoms with Gasteiger partial charge in [-0.25, -0.2) is 13.4 Å². The molecule has 8 nitrogen and oxygen atoms in total. The standard InChI is InChI=1S/C18H19N5O3S/c1-26-15-9-14(10-16(11-15)27(2,24)25)22-18-20-8-7-17(23-18)21-13-5-3-12(19)4-6-13/h3-11H,19H2,1-2H3,(H2,20,21,22,23). The first-order valence-corrected chi connectivity index (χ1v) is 9.84. The van der Waals surface area contributed by atoms with Crippen molar-refractivity contribution in [3.05, 3.63) is 54.7 Å². The summed E-state index contributed by atoms with van der Waals surface area (Å²) in [6.45, 7) is 0. The quantitative estimate of drug-likeness (QED) is 0.554. The Labute approximate surface area is 157 Å². The van der Waals surface area contributed by atoms with Crippen LogP contribution < -0.4 is 21.1 Å². The first-order chi connectivity index (χ1) is 12.8. The molecular weight excluding hydrogens is 366 g/mol. The molecule has 0 atom stereocenters. The van der Waals surface area contributed by atoms with E-state index in [9.17, 15) is 8.42 Å². The lowest BCUT2D eigenvalue weighted by atomic mass is 10.3. The zero-order valence-electron chi connectivity index (χ0n) is 14.8. The molecular formula is C18H19N5O3S. The van der Waals surface area contributed by atoms with Gasteiger partial charge in [0.1, 0.15) is 11.6 Å². The zero-order valence-corrected chi connectivity index (χ0v) is 15.6. The van der Waals surface area contributed by atoms with Gasteiger partial charge in [-0.2, -0.15) is 4.98 Å². The van der Waals surface area contributed by atoms with Crippen molar-refractivity contribution in [2.75, 3.05) is 29.7 Å². The Balaban J connectivity index is 1.85. The smallest absolute Gasteiger partial charge is 0.229 e. The average molecular weight is 385 g/mol. The van der Waals surface area contributed by atoms with Gasteiger partial charge in [-0.1, -0.05) is 0 Å². The number of nitrogens with two attached hydrogens (primary N) is 1. The summed E-state index contributed by atoms with van der Waals surface area (Å²) in [6, 6.07) is 13.6. The molecule has 0 bridgehead atoms. The number of anilines is 5. The maximum absolute atomic E-state index is 11.9. The SMILES string of the molecule is COc1cc(Nc2nccc(Nc3ccc(N)cc3)n2)cc(S(C)(=O)=O)c1. The molecule has 0 aliphatic rings. The third-order valence-electron chi connectivity index (χ3n) is 3.64. The number of nitrogens with one attached hydrogen (secondary N) is 2. The van der Waals surface area contributed by atoms with Crippen molar-refractivity contribution in [2.45, 2.75) is 4.90 Å². The number of hydrogen-bond donors (Lipinski definition) is 3. The maximum Gasteiger partial charge on any atom is 0.229 e. The first-order valence-electron chi connectivity index (χ1n) is 7.95. The molecule has 0 saturated carbocycles. The Bertz CT molecular complexity index is 1050. The van der Waals surface area contributed by atoms with E-state index in [4.69, 9.17) is 10.5 Å². The number of nitrogens with zero attached hydrogens (tertiary/aromatic N) is 2. The number of rotatable bonds is 6. The van der Waals surface area contributed by atoms with Gasteiger partial charge in [0, 0.05) is 35.6 Å². The zero-order chi connectivity index (χ0) is 19.4. The molecule has 0 aliphatic heterocycles. The number of aromatic nitrogens is 2. The topological polar surface area (TPSA) is 119 Å². The minimum Gasteiger partial charge on any atom is -0.497 e. The predicted molar refractivity (Wildman–Crippen MR) is 106 cm³/mol. The normalized spacial score (nSPS) is 11.0. The molecule has 140 valence electrons. The van der Waals surface area contributed by atoms with Gasteiger partial charge in [0.05, 0.1) is 12.0 Å². The van der Waals surface area contributed by atoms with Crippen molar-refractivity contribution in [3.63, 3.8) is 0 Å². The van der Waals surface area contributed by atoms with Crippen LogP contribution in [0.25, 0.3) is 0 Å². The van der Waals surface area contributed by atoms with E-state index in [2.05, 4.69) is 20.6 Å². The van der Waals surface area contributed by atoms with E-state index in [-0.39, 0.29) is 4.90 Å². The van der Waals surface area contributed by atoms with Gasteiger partial charge in [-0.15, -0.1) is 0 Å². The fourth-order valence-electron chi connectivity index (χ4n) is 2.31. The van der Waals surface area contributed by atoms with Crippen molar-refractivity contribution < 1.29 is 13.2 Å². The number of ether oxygens (including phenoxy) is 1. The minimum absolute atomic E-state index is 0.139. The molecule has 0 amide bonds. The Hall–Kier alpha value is -3.33. The lowest BCUT2D eigenvalue weighted by molar-refractivity contribution is 0.413. The van der Waals surface area contributed by atoms with Crippen molar-refractivity contribution in [3.8, 4) is 5.75 Å². The molecule has 0 spiro atoms. The highest BCUT2D eigenvalue weighted by Crippen LogP contribution is 2.26. The molecule has 2 aromatic carbocycles. The predicted octanol–water partition coefficient (Wildman–Crippen LogP) is 2.96. The minimum atomic E-state index is -3.39. The lowest BCUT2D eigenvalue weighted by Crippen LogP contribution is -2.03. The molecule has 9 heteroatoms. The van der Waals surface area contributed by atoms with Crippen LogP contribution in [0.1, 0.15) is 0 Å². The number of methoxy groups -OCH3 is 1. The fourth-order valence-corrected chi connectivity index (χ4v) is 2.98. The van der Waals surface area contributed by atoms with Crippen molar-refractivity contribution in [1.82, 2.24) is 9.97 Å². The van der Waals surface area contributed by atoms with Crippen LogP contribution >= 0.6 is 0 Å². The third kappa shape index (κ3) is 4.85. The van der Waals surface area contributed by atoms with Gasteiger partial charge in [0.25, 0.3) is 0 Å². The summed E-state index contributed by atoms with van der Waals surface area (Å²) in [5, 5.41) is 6.15. The van der Waals surface area contributed by atoms with Crippen LogP contribution in [0.4, 0.5) is 28.8 Å². The summed E-state index contributed by atoms with van der Waals surface area (Å²) < 4.78 is 28.9. The first kappa shape index (κ1) is 18.5. The Morgan fingerprint density at radius 3 is 2.41 bits per heavy atom. The Morgan fingerprint density at radius 2 is 1.74 bits per heavy atom. The van der Waals surface area contributed by atoms with Gasteiger partial charge >= 0.3 is 0 Å². The van der Waals surface area contributed by atoms with E-state index in [0.29, 0.717) is 28.9 Å². The Morgan fingerprint density at radius 1 is 1.00 bits per heavy atom. The van der Waals surface area contributed by atoms with Crippen LogP contribution in [-0.4, -0.2) is 31.8 Å². The van der Waals surface area contributed by atoms with Crippen molar-refractivity contribution in [1.29, 1.82) is 0 Å². The summed E-state index contributed by atoms with van der Waals surface area (Å²) >= 11 is 0. The molecule has 0 fully saturated rings. The van der Waals surface area contributed by atoms with E-state index in [1.54, 1.807) is 30.5 Å². The highest BCUT2D eigenvalue weighted by atomic mass is 32.2. The highest BCUT2D eigenvalue weighted by molar-refractivity contribution is 7.90. The monoisotopic (exact) mass is 385 g/mol. The Kier molecular flexibility index (Phi) is 5.13. The van der Waals surface area contributed by atoms with Crippen molar-refractivity contribution in [2.24, 2.45) is 0 Å². The summed E-state index contributed by atoms with van der Waals surface area (Å²) in [5.41, 5.74) is 7.68. The van der Waals surface area contributed by atoms with Crippen LogP contribution in [0.3, 0.4) is 0 Å². The number of benzene rings is 2. The summed E-state index contributed by atoms with van der Waals surface area (Å²) in [6.07, 6.45) is 2.73. The van der Waals surface area contributed by atoms with Crippen LogP contribution in [0.15, 0.2) is 59.6 Å². The lowest BCUT2D eigenvalue weighted by Gasteiger charge is -2.11. The summed E-state index contributed by atoms with van der Waals surface area (Å²) in [5.74, 6) is 1.29. The molecule has 27 heavy (non-hydrogen) atoms. The van der Waals surface area contributed by atoms with Gasteiger partial charge in [-0.05, 0) is 42.5 Å². The second-order valence-corrected chi connectivity index (χ2v) is 7.82. The molecule has 0 unspecified atom stereocenters. The molecule has 1 heterocycles. The largest absolute Gasteiger partial charge is 0.497 e. The molecule has 4 N–H and O–H groups in total. The van der Waals surface area contributed by atoms with E-state index >= 15 is 0 Å². The van der Waals surface area contributed by atoms with E-state index in [0.717, 1.165) is 11.9 Å². The second-order valence-electron chi connectivity index (χ2n) is 5.81. The van der Waals surface area contributed by atoms with Gasteiger partial charge in [0.2, 0.25) is 5.95 Å². The molecule has 0 radical (unpaired) electrons. The molecule has 3 aromatic rings. The summed E-state index contributed by atoms with van der Waals surface area (Å²) in [7, 11) is -1.91. The van der Waals surface area contributed by atoms with Gasteiger partial charge in [-0.3, -0.25) is 0 Å². The van der Waals surface area contributed by atoms with Crippen LogP contribution in [0.2, 0.25) is 0 Å². The maximum atomic E-state index is 11.9. The molecule has 0 aliphatic carbocycles. The van der Waals surface area contributed by atoms with Crippen LogP contribution in [0.5, 0.6) is 5.75 Å².